The fourth-order valence-corrected chi connectivity index (χ4v) is 5.38. The van der Waals surface area contributed by atoms with Crippen LogP contribution in [0.1, 0.15) is 65.3 Å². The minimum absolute atomic E-state index is 0.0520. The van der Waals surface area contributed by atoms with E-state index in [0.29, 0.717) is 30.2 Å². The van der Waals surface area contributed by atoms with Gasteiger partial charge in [-0.2, -0.15) is 0 Å². The van der Waals surface area contributed by atoms with Crippen molar-refractivity contribution in [2.75, 3.05) is 25.1 Å². The Bertz CT molecular complexity index is 1750. The Morgan fingerprint density at radius 3 is 2.61 bits per heavy atom. The van der Waals surface area contributed by atoms with E-state index in [0.717, 1.165) is 18.4 Å². The number of hydrogen-bond donors (Lipinski definition) is 3. The van der Waals surface area contributed by atoms with Gasteiger partial charge in [0.25, 0.3) is 5.56 Å². The lowest BCUT2D eigenvalue weighted by Gasteiger charge is -2.21. The molecule has 0 spiro atoms. The van der Waals surface area contributed by atoms with E-state index in [1.54, 1.807) is 32.9 Å². The summed E-state index contributed by atoms with van der Waals surface area (Å²) in [4.78, 5) is 69.1. The van der Waals surface area contributed by atoms with Crippen LogP contribution in [-0.4, -0.2) is 69.6 Å². The Balaban J connectivity index is 1.59. The second-order valence-electron chi connectivity index (χ2n) is 13.5. The van der Waals surface area contributed by atoms with Gasteiger partial charge in [-0.1, -0.05) is 32.1 Å². The van der Waals surface area contributed by atoms with Crippen LogP contribution < -0.4 is 21.9 Å². The number of nitrogens with zero attached hydrogens (tertiary/aromatic N) is 3. The first-order valence-electron chi connectivity index (χ1n) is 16.4. The summed E-state index contributed by atoms with van der Waals surface area (Å²) in [6.45, 7) is 10.6. The first-order chi connectivity index (χ1) is 23.2. The third kappa shape index (κ3) is 10.5. The number of fused-ring (bicyclic) bond motifs is 1. The average Bonchev–Trinajstić information content (AvgIpc) is 3.67. The Kier molecular flexibility index (Phi) is 12.3. The van der Waals surface area contributed by atoms with Crippen molar-refractivity contribution >= 4 is 40.7 Å². The third-order valence-corrected chi connectivity index (χ3v) is 7.62. The number of rotatable bonds is 13. The van der Waals surface area contributed by atoms with Crippen molar-refractivity contribution in [1.29, 1.82) is 0 Å². The van der Waals surface area contributed by atoms with Crippen LogP contribution in [0.25, 0.3) is 11.0 Å². The van der Waals surface area contributed by atoms with Gasteiger partial charge in [-0.25, -0.2) is 19.1 Å². The maximum Gasteiger partial charge on any atom is 0.420 e. The molecule has 1 aliphatic heterocycles. The lowest BCUT2D eigenvalue weighted by Crippen LogP contribution is -2.45. The van der Waals surface area contributed by atoms with Gasteiger partial charge in [0.1, 0.15) is 23.2 Å². The van der Waals surface area contributed by atoms with Crippen LogP contribution in [0.2, 0.25) is 0 Å². The predicted molar refractivity (Wildman–Crippen MR) is 183 cm³/mol. The lowest BCUT2D eigenvalue weighted by atomic mass is 10.0. The zero-order valence-corrected chi connectivity index (χ0v) is 28.7. The monoisotopic (exact) mass is 678 g/mol. The molecule has 0 saturated carbocycles. The second kappa shape index (κ2) is 16.4. The normalized spacial score (nSPS) is 15.4. The molecule has 1 saturated heterocycles. The minimum Gasteiger partial charge on any atom is -0.449 e. The number of benzene rings is 1. The van der Waals surface area contributed by atoms with E-state index in [9.17, 15) is 24.0 Å². The number of para-hydroxylation sites is 1. The highest BCUT2D eigenvalue weighted by atomic mass is 16.6. The lowest BCUT2D eigenvalue weighted by molar-refractivity contribution is -0.118. The van der Waals surface area contributed by atoms with Gasteiger partial charge in [-0.3, -0.25) is 14.4 Å². The van der Waals surface area contributed by atoms with Crippen molar-refractivity contribution in [1.82, 2.24) is 19.4 Å². The molecular weight excluding hydrogens is 632 g/mol. The molecule has 1 unspecified atom stereocenters. The molecule has 3 heterocycles. The highest BCUT2D eigenvalue weighted by Gasteiger charge is 2.26. The van der Waals surface area contributed by atoms with Crippen LogP contribution in [0.3, 0.4) is 0 Å². The maximum atomic E-state index is 13.7. The summed E-state index contributed by atoms with van der Waals surface area (Å²) in [6.07, 6.45) is 4.59. The molecule has 2 aromatic heterocycles. The highest BCUT2D eigenvalue weighted by Crippen LogP contribution is 2.25. The van der Waals surface area contributed by atoms with Gasteiger partial charge in [0.05, 0.1) is 30.8 Å². The van der Waals surface area contributed by atoms with E-state index >= 15 is 0 Å². The van der Waals surface area contributed by atoms with Gasteiger partial charge >= 0.3 is 12.2 Å². The molecule has 0 bridgehead atoms. The molecule has 1 aliphatic rings. The zero-order valence-electron chi connectivity index (χ0n) is 28.7. The fraction of sp³-hybridized carbons (Fsp3) is 0.486. The summed E-state index contributed by atoms with van der Waals surface area (Å²) in [6, 6.07) is 7.54. The van der Waals surface area contributed by atoms with Crippen LogP contribution in [0.5, 0.6) is 0 Å². The molecule has 0 radical (unpaired) electrons. The summed E-state index contributed by atoms with van der Waals surface area (Å²) >= 11 is 0. The number of nitrogens with two attached hydrogens (primary N) is 1. The van der Waals surface area contributed by atoms with E-state index in [4.69, 9.17) is 24.9 Å². The molecule has 1 aromatic carbocycles. The number of allylic oxidation sites excluding steroid dienone is 1. The number of carbonyl (C=O) groups is 4. The number of hydrogen-bond acceptors (Lipinski definition) is 9. The summed E-state index contributed by atoms with van der Waals surface area (Å²) < 4.78 is 19.0. The van der Waals surface area contributed by atoms with E-state index < -0.39 is 41.2 Å². The van der Waals surface area contributed by atoms with Crippen LogP contribution in [-0.2, 0) is 36.8 Å². The van der Waals surface area contributed by atoms with E-state index in [-0.39, 0.29) is 43.4 Å². The number of aromatic nitrogens is 3. The van der Waals surface area contributed by atoms with Crippen molar-refractivity contribution in [3.63, 3.8) is 0 Å². The molecule has 14 heteroatoms. The molecule has 0 aliphatic carbocycles. The number of primary amides is 1. The number of nitrogens with one attached hydrogen (secondary N) is 2. The topological polar surface area (TPSA) is 186 Å². The van der Waals surface area contributed by atoms with Gasteiger partial charge in [0.15, 0.2) is 0 Å². The SMILES string of the molecule is CC(C)Cc1cccc2c1nc(Cn1cccc(NC(=O)[C@H](CC/C=C/C(N)=O)NC(=O)OCC3CCOC3)c1=O)n2C(=O)OC(C)(C)C. The summed E-state index contributed by atoms with van der Waals surface area (Å²) in [7, 11) is 0. The molecule has 264 valence electrons. The average molecular weight is 679 g/mol. The predicted octanol–water partition coefficient (Wildman–Crippen LogP) is 4.12. The molecule has 2 atom stereocenters. The van der Waals surface area contributed by atoms with Gasteiger partial charge in [-0.05, 0) is 82.2 Å². The smallest absolute Gasteiger partial charge is 0.420 e. The molecule has 3 aromatic rings. The molecule has 4 N–H and O–H groups in total. The van der Waals surface area contributed by atoms with Crippen LogP contribution >= 0.6 is 0 Å². The first kappa shape index (κ1) is 36.8. The molecular formula is C35H46N6O8. The summed E-state index contributed by atoms with van der Waals surface area (Å²) in [5.74, 6) is -0.618. The Morgan fingerprint density at radius 1 is 1.16 bits per heavy atom. The maximum absolute atomic E-state index is 13.7. The second-order valence-corrected chi connectivity index (χ2v) is 13.5. The fourth-order valence-electron chi connectivity index (χ4n) is 5.38. The van der Waals surface area contributed by atoms with Crippen molar-refractivity contribution < 1.29 is 33.4 Å². The van der Waals surface area contributed by atoms with E-state index in [1.165, 1.54) is 33.5 Å². The van der Waals surface area contributed by atoms with Gasteiger partial charge in [0, 0.05) is 18.7 Å². The van der Waals surface area contributed by atoms with Gasteiger partial charge in [0.2, 0.25) is 11.8 Å². The van der Waals surface area contributed by atoms with Gasteiger partial charge < -0.3 is 35.1 Å². The largest absolute Gasteiger partial charge is 0.449 e. The molecule has 3 amide bonds. The standard InChI is InChI=1S/C35H46N6O8/c1-22(2)18-24-10-8-13-27-30(24)39-29(41(27)34(46)49-35(3,4)5)19-40-16-9-12-26(32(40)44)37-31(43)25(11-6-7-14-28(36)42)38-33(45)48-21-23-15-17-47-20-23/h7-10,12-14,16,22-23,25H,6,11,15,17-21H2,1-5H3,(H2,36,42)(H,37,43)(H,38,45)/b14-7+/t23?,25-/m0/s1. The number of amides is 3. The van der Waals surface area contributed by atoms with Crippen LogP contribution in [0.15, 0.2) is 53.5 Å². The molecule has 49 heavy (non-hydrogen) atoms. The van der Waals surface area contributed by atoms with E-state index in [1.807, 2.05) is 12.1 Å². The van der Waals surface area contributed by atoms with Crippen molar-refractivity contribution in [2.45, 2.75) is 78.5 Å². The third-order valence-electron chi connectivity index (χ3n) is 7.62. The number of alkyl carbamates (subject to hydrolysis) is 1. The first-order valence-corrected chi connectivity index (χ1v) is 16.4. The number of carbonyl (C=O) groups excluding carboxylic acids is 4. The molecule has 4 rings (SSSR count). The van der Waals surface area contributed by atoms with Crippen molar-refractivity contribution in [3.8, 4) is 0 Å². The molecule has 1 fully saturated rings. The quantitative estimate of drug-likeness (QED) is 0.224. The van der Waals surface area contributed by atoms with Crippen molar-refractivity contribution in [2.24, 2.45) is 17.6 Å². The number of pyridine rings is 1. The number of anilines is 1. The highest BCUT2D eigenvalue weighted by molar-refractivity contribution is 5.96. The summed E-state index contributed by atoms with van der Waals surface area (Å²) in [5.41, 5.74) is 5.94. The summed E-state index contributed by atoms with van der Waals surface area (Å²) in [5, 5.41) is 5.17. The van der Waals surface area contributed by atoms with Crippen molar-refractivity contribution in [3.05, 3.63) is 70.4 Å². The van der Waals surface area contributed by atoms with Crippen LogP contribution in [0, 0.1) is 11.8 Å². The minimum atomic E-state index is -1.10. The number of imidazole rings is 1. The Hall–Kier alpha value is -4.98. The number of ether oxygens (including phenoxy) is 3. The van der Waals surface area contributed by atoms with E-state index in [2.05, 4.69) is 24.5 Å². The molecule has 14 nitrogen and oxygen atoms in total. The van der Waals surface area contributed by atoms with Gasteiger partial charge in [-0.15, -0.1) is 0 Å². The Morgan fingerprint density at radius 2 is 1.94 bits per heavy atom. The Labute approximate surface area is 285 Å². The zero-order chi connectivity index (χ0) is 35.7. The van der Waals surface area contributed by atoms with Crippen LogP contribution in [0.4, 0.5) is 15.3 Å².